The minimum absolute atomic E-state index is 0. The Labute approximate surface area is 78.7 Å². The fraction of sp³-hybridized carbons (Fsp3) is 0.250. The van der Waals surface area contributed by atoms with Gasteiger partial charge in [-0.1, -0.05) is 12.1 Å². The third-order valence-corrected chi connectivity index (χ3v) is 1.76. The number of hydrogen-bond donors (Lipinski definition) is 2. The van der Waals surface area contributed by atoms with Gasteiger partial charge in [-0.2, -0.15) is 0 Å². The molecule has 0 unspecified atom stereocenters. The third-order valence-electron chi connectivity index (χ3n) is 1.76. The summed E-state index contributed by atoms with van der Waals surface area (Å²) in [6, 6.07) is 6.01. The highest BCUT2D eigenvalue weighted by Crippen LogP contribution is 2.15. The van der Waals surface area contributed by atoms with E-state index in [2.05, 4.69) is 18.4 Å². The summed E-state index contributed by atoms with van der Waals surface area (Å²) in [5.74, 6) is 5.27. The summed E-state index contributed by atoms with van der Waals surface area (Å²) >= 11 is 0. The van der Waals surface area contributed by atoms with E-state index in [1.807, 2.05) is 19.1 Å². The Morgan fingerprint density at radius 2 is 1.83 bits per heavy atom. The molecule has 3 nitrogen and oxygen atoms in total. The first-order chi connectivity index (χ1) is 4.75. The molecule has 12 heavy (non-hydrogen) atoms. The molecule has 4 heteroatoms. The summed E-state index contributed by atoms with van der Waals surface area (Å²) in [6.07, 6.45) is 0. The molecule has 1 aromatic carbocycles. The smallest absolute Gasteiger partial charge is 0.0516 e. The highest BCUT2D eigenvalue weighted by Gasteiger charge is 1.95. The van der Waals surface area contributed by atoms with Gasteiger partial charge in [-0.25, -0.2) is 0 Å². The monoisotopic (exact) mass is 190 g/mol. The van der Waals surface area contributed by atoms with E-state index in [1.165, 1.54) is 11.1 Å². The van der Waals surface area contributed by atoms with Gasteiger partial charge in [0, 0.05) is 0 Å². The van der Waals surface area contributed by atoms with Crippen molar-refractivity contribution >= 4 is 18.1 Å². The van der Waals surface area contributed by atoms with Crippen molar-refractivity contribution < 1.29 is 5.48 Å². The van der Waals surface area contributed by atoms with Crippen molar-refractivity contribution in [1.82, 2.24) is 0 Å². The highest BCUT2D eigenvalue weighted by atomic mass is 35.5. The molecule has 70 valence electrons. The molecule has 0 aliphatic heterocycles. The van der Waals surface area contributed by atoms with Crippen LogP contribution in [0.3, 0.4) is 0 Å². The summed E-state index contributed by atoms with van der Waals surface area (Å²) < 4.78 is 0. The molecule has 1 aromatic rings. The lowest BCUT2D eigenvalue weighted by molar-refractivity contribution is 0.824. The fourth-order valence-electron chi connectivity index (χ4n) is 0.907. The number of hydrogen-bond acceptors (Lipinski definition) is 2. The molecule has 0 spiro atoms. The zero-order valence-electron chi connectivity index (χ0n) is 7.22. The van der Waals surface area contributed by atoms with Crippen molar-refractivity contribution in [2.45, 2.75) is 13.8 Å². The maximum absolute atomic E-state index is 5.27. The van der Waals surface area contributed by atoms with E-state index in [0.29, 0.717) is 0 Å². The minimum atomic E-state index is 0. The molecular weight excluding hydrogens is 176 g/mol. The summed E-state index contributed by atoms with van der Waals surface area (Å²) in [4.78, 5) is 0. The lowest BCUT2D eigenvalue weighted by Gasteiger charge is -2.05. The molecule has 0 atom stereocenters. The van der Waals surface area contributed by atoms with Crippen LogP contribution < -0.4 is 11.3 Å². The van der Waals surface area contributed by atoms with E-state index in [1.54, 1.807) is 0 Å². The topological polar surface area (TPSA) is 69.5 Å². The summed E-state index contributed by atoms with van der Waals surface area (Å²) in [6.45, 7) is 4.11. The molecule has 0 aromatic heterocycles. The van der Waals surface area contributed by atoms with Gasteiger partial charge in [-0.3, -0.25) is 5.84 Å². The third kappa shape index (κ3) is 2.70. The lowest BCUT2D eigenvalue weighted by Crippen LogP contribution is -2.08. The van der Waals surface area contributed by atoms with Crippen molar-refractivity contribution in [3.05, 3.63) is 29.3 Å². The van der Waals surface area contributed by atoms with Gasteiger partial charge in [0.05, 0.1) is 5.69 Å². The Bertz CT molecular complexity index is 240. The van der Waals surface area contributed by atoms with Crippen LogP contribution in [0.4, 0.5) is 5.69 Å². The van der Waals surface area contributed by atoms with E-state index < -0.39 is 0 Å². The second-order valence-corrected chi connectivity index (χ2v) is 2.39. The van der Waals surface area contributed by atoms with Crippen LogP contribution in [0.25, 0.3) is 0 Å². The van der Waals surface area contributed by atoms with Crippen molar-refractivity contribution in [3.8, 4) is 0 Å². The van der Waals surface area contributed by atoms with E-state index in [0.717, 1.165) is 5.69 Å². The van der Waals surface area contributed by atoms with Gasteiger partial charge < -0.3 is 10.9 Å². The van der Waals surface area contributed by atoms with Gasteiger partial charge >= 0.3 is 0 Å². The molecule has 0 saturated carbocycles. The van der Waals surface area contributed by atoms with E-state index in [9.17, 15) is 0 Å². The van der Waals surface area contributed by atoms with Crippen molar-refractivity contribution in [1.29, 1.82) is 0 Å². The highest BCUT2D eigenvalue weighted by molar-refractivity contribution is 5.85. The van der Waals surface area contributed by atoms with Gasteiger partial charge in [0.25, 0.3) is 0 Å². The second kappa shape index (κ2) is 5.83. The summed E-state index contributed by atoms with van der Waals surface area (Å²) in [7, 11) is 0. The number of nitrogens with two attached hydrogens (primary N) is 1. The number of nitrogens with one attached hydrogen (secondary N) is 1. The van der Waals surface area contributed by atoms with Crippen molar-refractivity contribution in [2.24, 2.45) is 5.84 Å². The van der Waals surface area contributed by atoms with Crippen LogP contribution in [0.2, 0.25) is 0 Å². The quantitative estimate of drug-likeness (QED) is 0.516. The molecule has 5 N–H and O–H groups in total. The van der Waals surface area contributed by atoms with Crippen molar-refractivity contribution in [3.63, 3.8) is 0 Å². The molecule has 0 saturated heterocycles. The number of halogens is 1. The SMILES string of the molecule is Cc1cccc(NN)c1C.Cl.O. The number of nitrogen functional groups attached to an aromatic ring is 1. The zero-order chi connectivity index (χ0) is 7.56. The van der Waals surface area contributed by atoms with Crippen LogP contribution in [0, 0.1) is 13.8 Å². The fourth-order valence-corrected chi connectivity index (χ4v) is 0.907. The Kier molecular flexibility index (Phi) is 6.70. The summed E-state index contributed by atoms with van der Waals surface area (Å²) in [5.41, 5.74) is 6.11. The zero-order valence-corrected chi connectivity index (χ0v) is 8.03. The maximum atomic E-state index is 5.27. The van der Waals surface area contributed by atoms with Crippen LogP contribution in [-0.2, 0) is 0 Å². The van der Waals surface area contributed by atoms with Crippen LogP contribution in [0.5, 0.6) is 0 Å². The second-order valence-electron chi connectivity index (χ2n) is 2.39. The molecular formula is C8H15ClN2O. The number of benzene rings is 1. The Balaban J connectivity index is 0. The average Bonchev–Trinajstić information content (AvgIpc) is 1.95. The molecule has 0 aliphatic rings. The minimum Gasteiger partial charge on any atom is -0.412 e. The number of rotatable bonds is 1. The Morgan fingerprint density at radius 3 is 2.25 bits per heavy atom. The standard InChI is InChI=1S/C8H12N2.ClH.H2O/c1-6-4-3-5-8(10-9)7(6)2;;/h3-5,10H,9H2,1-2H3;1H;1H2. The first-order valence-corrected chi connectivity index (χ1v) is 3.28. The molecule has 0 heterocycles. The molecule has 0 aliphatic carbocycles. The maximum Gasteiger partial charge on any atom is 0.0516 e. The van der Waals surface area contributed by atoms with E-state index in [-0.39, 0.29) is 17.9 Å². The van der Waals surface area contributed by atoms with Crippen LogP contribution >= 0.6 is 12.4 Å². The van der Waals surface area contributed by atoms with Gasteiger partial charge in [0.15, 0.2) is 0 Å². The first kappa shape index (κ1) is 13.8. The predicted molar refractivity (Wildman–Crippen MR) is 54.6 cm³/mol. The van der Waals surface area contributed by atoms with E-state index >= 15 is 0 Å². The Morgan fingerprint density at radius 1 is 1.25 bits per heavy atom. The molecule has 0 bridgehead atoms. The van der Waals surface area contributed by atoms with Crippen LogP contribution in [0.15, 0.2) is 18.2 Å². The number of anilines is 1. The van der Waals surface area contributed by atoms with Gasteiger partial charge in [0.2, 0.25) is 0 Å². The lowest BCUT2D eigenvalue weighted by atomic mass is 10.1. The van der Waals surface area contributed by atoms with Gasteiger partial charge in [0.1, 0.15) is 0 Å². The number of aryl methyl sites for hydroxylation is 1. The molecule has 0 radical (unpaired) electrons. The molecule has 0 fully saturated rings. The average molecular weight is 191 g/mol. The van der Waals surface area contributed by atoms with E-state index in [4.69, 9.17) is 5.84 Å². The molecule has 1 rings (SSSR count). The Hall–Kier alpha value is -0.770. The number of hydrazine groups is 1. The first-order valence-electron chi connectivity index (χ1n) is 3.28. The summed E-state index contributed by atoms with van der Waals surface area (Å²) in [5, 5.41) is 0. The normalized spacial score (nSPS) is 7.92. The molecule has 0 amide bonds. The van der Waals surface area contributed by atoms with Gasteiger partial charge in [-0.05, 0) is 31.0 Å². The van der Waals surface area contributed by atoms with Crippen LogP contribution in [0.1, 0.15) is 11.1 Å². The van der Waals surface area contributed by atoms with Crippen molar-refractivity contribution in [2.75, 3.05) is 5.43 Å². The predicted octanol–water partition coefficient (Wildman–Crippen LogP) is 1.19. The van der Waals surface area contributed by atoms with Crippen LogP contribution in [-0.4, -0.2) is 5.48 Å². The van der Waals surface area contributed by atoms with Gasteiger partial charge in [-0.15, -0.1) is 12.4 Å². The largest absolute Gasteiger partial charge is 0.412 e.